The van der Waals surface area contributed by atoms with E-state index in [4.69, 9.17) is 10.7 Å². The highest BCUT2D eigenvalue weighted by molar-refractivity contribution is 8.13. The van der Waals surface area contributed by atoms with Crippen molar-refractivity contribution in [1.82, 2.24) is 9.88 Å². The zero-order valence-corrected chi connectivity index (χ0v) is 13.8. The van der Waals surface area contributed by atoms with E-state index in [9.17, 15) is 17.4 Å². The van der Waals surface area contributed by atoms with Gasteiger partial charge in [-0.05, 0) is 19.9 Å². The van der Waals surface area contributed by atoms with Crippen molar-refractivity contribution in [2.45, 2.75) is 24.8 Å². The van der Waals surface area contributed by atoms with Gasteiger partial charge in [0.1, 0.15) is 10.6 Å². The van der Waals surface area contributed by atoms with Crippen molar-refractivity contribution in [3.8, 4) is 0 Å². The summed E-state index contributed by atoms with van der Waals surface area (Å²) in [6.07, 6.45) is 2.88. The Hall–Kier alpha value is -0.860. The number of nitrogens with zero attached hydrogens (tertiary/aromatic N) is 1. The molecule has 1 unspecified atom stereocenters. The molecule has 1 rings (SSSR count). The molecule has 1 amide bonds. The lowest BCUT2D eigenvalue weighted by Gasteiger charge is -2.12. The molecular weight excluding hydrogens is 324 g/mol. The molecule has 20 heavy (non-hydrogen) atoms. The maximum atomic E-state index is 12.0. The second-order valence-electron chi connectivity index (χ2n) is 4.53. The Balaban J connectivity index is 3.01. The average Bonchev–Trinajstić information content (AvgIpc) is 2.72. The highest BCUT2D eigenvalue weighted by Gasteiger charge is 2.21. The number of carbonyl (C=O) groups excluding carboxylic acids is 1. The number of hydrogen-bond acceptors (Lipinski definition) is 4. The summed E-state index contributed by atoms with van der Waals surface area (Å²) < 4.78 is 35.1. The van der Waals surface area contributed by atoms with E-state index < -0.39 is 25.8 Å². The number of halogens is 1. The van der Waals surface area contributed by atoms with Gasteiger partial charge in [0.05, 0.1) is 0 Å². The molecule has 1 aromatic rings. The summed E-state index contributed by atoms with van der Waals surface area (Å²) in [5.74, 6) is -0.0786. The van der Waals surface area contributed by atoms with Crippen LogP contribution in [0.3, 0.4) is 0 Å². The minimum atomic E-state index is -3.88. The summed E-state index contributed by atoms with van der Waals surface area (Å²) in [5, 5.41) is 2.60. The number of amides is 1. The van der Waals surface area contributed by atoms with E-state index in [1.54, 1.807) is 6.26 Å². The molecule has 0 saturated heterocycles. The summed E-state index contributed by atoms with van der Waals surface area (Å²) in [4.78, 5) is 11.9. The first kappa shape index (κ1) is 17.2. The summed E-state index contributed by atoms with van der Waals surface area (Å²) in [5.41, 5.74) is 0.209. The molecule has 1 aromatic heterocycles. The van der Waals surface area contributed by atoms with Crippen molar-refractivity contribution < 1.29 is 17.4 Å². The molecule has 1 N–H and O–H groups in total. The van der Waals surface area contributed by atoms with Crippen molar-refractivity contribution in [2.24, 2.45) is 0 Å². The van der Waals surface area contributed by atoms with E-state index in [1.165, 1.54) is 16.8 Å². The Labute approximate surface area is 125 Å². The minimum absolute atomic E-state index is 0.0942. The largest absolute Gasteiger partial charge is 0.350 e. The second-order valence-corrected chi connectivity index (χ2v) is 8.65. The minimum Gasteiger partial charge on any atom is -0.350 e. The number of nitrogens with one attached hydrogen (secondary N) is 1. The topological polar surface area (TPSA) is 85.2 Å². The van der Waals surface area contributed by atoms with E-state index in [-0.39, 0.29) is 23.2 Å². The van der Waals surface area contributed by atoms with Gasteiger partial charge in [-0.2, -0.15) is 0 Å². The van der Waals surface area contributed by atoms with Crippen molar-refractivity contribution in [3.63, 3.8) is 0 Å². The van der Waals surface area contributed by atoms with E-state index in [1.807, 2.05) is 13.8 Å². The first-order valence-corrected chi connectivity index (χ1v) is 9.91. The fourth-order valence-corrected chi connectivity index (χ4v) is 2.73. The van der Waals surface area contributed by atoms with Crippen LogP contribution in [-0.4, -0.2) is 41.7 Å². The quantitative estimate of drug-likeness (QED) is 0.786. The van der Waals surface area contributed by atoms with Crippen LogP contribution in [0.1, 0.15) is 30.4 Å². The van der Waals surface area contributed by atoms with Gasteiger partial charge in [0, 0.05) is 52.3 Å². The zero-order valence-electron chi connectivity index (χ0n) is 11.4. The Morgan fingerprint density at radius 3 is 2.55 bits per heavy atom. The molecule has 0 fully saturated rings. The van der Waals surface area contributed by atoms with Crippen molar-refractivity contribution in [2.75, 3.05) is 18.6 Å². The first-order valence-electron chi connectivity index (χ1n) is 5.87. The Kier molecular flexibility index (Phi) is 5.79. The van der Waals surface area contributed by atoms with Crippen LogP contribution in [0.15, 0.2) is 17.2 Å². The van der Waals surface area contributed by atoms with Gasteiger partial charge in [-0.25, -0.2) is 8.42 Å². The molecule has 0 aromatic carbocycles. The molecule has 0 radical (unpaired) electrons. The van der Waals surface area contributed by atoms with Gasteiger partial charge in [0.25, 0.3) is 15.0 Å². The third-order valence-corrected chi connectivity index (χ3v) is 4.67. The molecule has 0 aliphatic carbocycles. The number of rotatable bonds is 6. The summed E-state index contributed by atoms with van der Waals surface area (Å²) in [7, 11) is 0.403. The van der Waals surface area contributed by atoms with Crippen LogP contribution in [0, 0.1) is 0 Å². The van der Waals surface area contributed by atoms with Gasteiger partial charge in [0.15, 0.2) is 0 Å². The van der Waals surface area contributed by atoms with E-state index in [2.05, 4.69) is 5.32 Å². The highest BCUT2D eigenvalue weighted by atomic mass is 35.7. The van der Waals surface area contributed by atoms with Gasteiger partial charge in [-0.15, -0.1) is 0 Å². The maximum absolute atomic E-state index is 12.0. The SMILES string of the molecule is CC(C)n1cc(S(=O)(=O)Cl)cc1C(=O)NCCS(C)=O. The van der Waals surface area contributed by atoms with Crippen LogP contribution in [0.25, 0.3) is 0 Å². The van der Waals surface area contributed by atoms with E-state index >= 15 is 0 Å². The summed E-state index contributed by atoms with van der Waals surface area (Å²) in [6.45, 7) is 3.90. The highest BCUT2D eigenvalue weighted by Crippen LogP contribution is 2.21. The van der Waals surface area contributed by atoms with Crippen LogP contribution >= 0.6 is 10.7 Å². The zero-order chi connectivity index (χ0) is 15.5. The van der Waals surface area contributed by atoms with Gasteiger partial charge in [-0.3, -0.25) is 9.00 Å². The fraction of sp³-hybridized carbons (Fsp3) is 0.545. The number of aromatic nitrogens is 1. The van der Waals surface area contributed by atoms with Crippen LogP contribution in [-0.2, 0) is 19.9 Å². The lowest BCUT2D eigenvalue weighted by Crippen LogP contribution is -2.29. The van der Waals surface area contributed by atoms with E-state index in [0.29, 0.717) is 5.75 Å². The predicted octanol–water partition coefficient (Wildman–Crippen LogP) is 1.10. The van der Waals surface area contributed by atoms with Gasteiger partial charge in [-0.1, -0.05) is 0 Å². The summed E-state index contributed by atoms with van der Waals surface area (Å²) in [6, 6.07) is 1.14. The monoisotopic (exact) mass is 340 g/mol. The molecule has 1 heterocycles. The third kappa shape index (κ3) is 4.60. The molecule has 6 nitrogen and oxygen atoms in total. The maximum Gasteiger partial charge on any atom is 0.267 e. The first-order chi connectivity index (χ1) is 9.12. The number of hydrogen-bond donors (Lipinski definition) is 1. The molecular formula is C11H17ClN2O4S2. The molecule has 0 saturated carbocycles. The molecule has 0 bridgehead atoms. The van der Waals surface area contributed by atoms with Gasteiger partial charge >= 0.3 is 0 Å². The van der Waals surface area contributed by atoms with E-state index in [0.717, 1.165) is 0 Å². The fourth-order valence-electron chi connectivity index (χ4n) is 1.60. The summed E-state index contributed by atoms with van der Waals surface area (Å²) >= 11 is 0. The third-order valence-electron chi connectivity index (χ3n) is 2.57. The van der Waals surface area contributed by atoms with Crippen molar-refractivity contribution in [3.05, 3.63) is 18.0 Å². The lowest BCUT2D eigenvalue weighted by atomic mass is 10.3. The molecule has 114 valence electrons. The van der Waals surface area contributed by atoms with Crippen molar-refractivity contribution in [1.29, 1.82) is 0 Å². The number of carbonyl (C=O) groups is 1. The predicted molar refractivity (Wildman–Crippen MR) is 79.1 cm³/mol. The smallest absolute Gasteiger partial charge is 0.267 e. The van der Waals surface area contributed by atoms with Crippen molar-refractivity contribution >= 4 is 36.4 Å². The normalized spacial score (nSPS) is 13.4. The Morgan fingerprint density at radius 2 is 2.10 bits per heavy atom. The average molecular weight is 341 g/mol. The molecule has 0 spiro atoms. The molecule has 0 aliphatic rings. The van der Waals surface area contributed by atoms with Gasteiger partial charge in [0.2, 0.25) is 0 Å². The Bertz CT molecular complexity index is 622. The Morgan fingerprint density at radius 1 is 1.50 bits per heavy atom. The molecule has 9 heteroatoms. The lowest BCUT2D eigenvalue weighted by molar-refractivity contribution is 0.0945. The van der Waals surface area contributed by atoms with Gasteiger partial charge < -0.3 is 9.88 Å². The molecule has 1 atom stereocenters. The standard InChI is InChI=1S/C11H17ClN2O4S2/c1-8(2)14-7-9(20(12,17)18)6-10(14)11(15)13-4-5-19(3)16/h6-8H,4-5H2,1-3H3,(H,13,15). The van der Waals surface area contributed by atoms with Crippen LogP contribution in [0.2, 0.25) is 0 Å². The van der Waals surface area contributed by atoms with Crippen LogP contribution in [0.5, 0.6) is 0 Å². The van der Waals surface area contributed by atoms with Crippen LogP contribution in [0.4, 0.5) is 0 Å². The van der Waals surface area contributed by atoms with Crippen LogP contribution < -0.4 is 5.32 Å². The molecule has 0 aliphatic heterocycles. The second kappa shape index (κ2) is 6.73.